The highest BCUT2D eigenvalue weighted by molar-refractivity contribution is 5.94. The van der Waals surface area contributed by atoms with Gasteiger partial charge in [0.05, 0.1) is 7.11 Å². The Labute approximate surface area is 137 Å². The van der Waals surface area contributed by atoms with Crippen LogP contribution in [0.3, 0.4) is 0 Å². The molecule has 2 rings (SSSR count). The van der Waals surface area contributed by atoms with Crippen LogP contribution in [0.4, 0.5) is 0 Å². The standard InChI is InChI=1S/C18H23N3O2/c1-13-8-9-16(18(20-13)23-4)11-19-17(22)15-7-5-6-14(10-15)12-21(2)3/h5-10H,11-12H2,1-4H3,(H,19,22). The predicted octanol–water partition coefficient (Wildman–Crippen LogP) is 2.39. The van der Waals surface area contributed by atoms with Crippen LogP contribution in [0.2, 0.25) is 0 Å². The van der Waals surface area contributed by atoms with Crippen molar-refractivity contribution in [3.63, 3.8) is 0 Å². The maximum Gasteiger partial charge on any atom is 0.251 e. The molecule has 0 atom stereocenters. The summed E-state index contributed by atoms with van der Waals surface area (Å²) in [4.78, 5) is 18.7. The Morgan fingerprint density at radius 2 is 2.04 bits per heavy atom. The number of pyridine rings is 1. The zero-order valence-corrected chi connectivity index (χ0v) is 14.1. The van der Waals surface area contributed by atoms with E-state index in [1.165, 1.54) is 0 Å². The second-order valence-corrected chi connectivity index (χ2v) is 5.74. The first-order valence-electron chi connectivity index (χ1n) is 7.52. The van der Waals surface area contributed by atoms with Crippen molar-refractivity contribution in [3.8, 4) is 5.88 Å². The van der Waals surface area contributed by atoms with Gasteiger partial charge in [-0.1, -0.05) is 18.2 Å². The van der Waals surface area contributed by atoms with Crippen molar-refractivity contribution in [1.29, 1.82) is 0 Å². The van der Waals surface area contributed by atoms with Crippen molar-refractivity contribution in [2.75, 3.05) is 21.2 Å². The lowest BCUT2D eigenvalue weighted by Crippen LogP contribution is -2.23. The van der Waals surface area contributed by atoms with Crippen LogP contribution in [0.1, 0.15) is 27.2 Å². The molecule has 122 valence electrons. The molecule has 0 spiro atoms. The highest BCUT2D eigenvalue weighted by Crippen LogP contribution is 2.15. The average Bonchev–Trinajstić information content (AvgIpc) is 2.52. The first kappa shape index (κ1) is 17.0. The number of ether oxygens (including phenoxy) is 1. The Morgan fingerprint density at radius 3 is 2.74 bits per heavy atom. The normalized spacial score (nSPS) is 10.7. The number of carbonyl (C=O) groups excluding carboxylic acids is 1. The summed E-state index contributed by atoms with van der Waals surface area (Å²) >= 11 is 0. The van der Waals surface area contributed by atoms with E-state index in [1.807, 2.05) is 57.4 Å². The van der Waals surface area contributed by atoms with Crippen molar-refractivity contribution in [2.24, 2.45) is 0 Å². The van der Waals surface area contributed by atoms with Gasteiger partial charge in [-0.25, -0.2) is 4.98 Å². The fraction of sp³-hybridized carbons (Fsp3) is 0.333. The Kier molecular flexibility index (Phi) is 5.71. The van der Waals surface area contributed by atoms with Gasteiger partial charge in [0.25, 0.3) is 5.91 Å². The molecule has 0 bridgehead atoms. The van der Waals surface area contributed by atoms with Crippen LogP contribution < -0.4 is 10.1 Å². The minimum atomic E-state index is -0.103. The lowest BCUT2D eigenvalue weighted by atomic mass is 10.1. The molecule has 0 aliphatic heterocycles. The van der Waals surface area contributed by atoms with Gasteiger partial charge in [-0.15, -0.1) is 0 Å². The molecule has 0 aliphatic carbocycles. The third-order valence-corrected chi connectivity index (χ3v) is 3.40. The number of aryl methyl sites for hydroxylation is 1. The topological polar surface area (TPSA) is 54.5 Å². The molecule has 1 amide bonds. The molecule has 1 heterocycles. The van der Waals surface area contributed by atoms with Crippen LogP contribution in [0.5, 0.6) is 5.88 Å². The van der Waals surface area contributed by atoms with Crippen LogP contribution in [0, 0.1) is 6.92 Å². The van der Waals surface area contributed by atoms with Gasteiger partial charge in [0, 0.05) is 29.9 Å². The zero-order valence-electron chi connectivity index (χ0n) is 14.1. The van der Waals surface area contributed by atoms with Gasteiger partial charge in [0.2, 0.25) is 5.88 Å². The van der Waals surface area contributed by atoms with Crippen LogP contribution in [-0.4, -0.2) is 37.0 Å². The molecule has 1 N–H and O–H groups in total. The highest BCUT2D eigenvalue weighted by atomic mass is 16.5. The molecule has 5 nitrogen and oxygen atoms in total. The number of rotatable bonds is 6. The molecule has 23 heavy (non-hydrogen) atoms. The van der Waals surface area contributed by atoms with E-state index in [9.17, 15) is 4.79 Å². The van der Waals surface area contributed by atoms with E-state index >= 15 is 0 Å². The summed E-state index contributed by atoms with van der Waals surface area (Å²) < 4.78 is 5.26. The van der Waals surface area contributed by atoms with E-state index in [0.717, 1.165) is 23.4 Å². The Hall–Kier alpha value is -2.40. The van der Waals surface area contributed by atoms with Gasteiger partial charge in [0.1, 0.15) is 0 Å². The maximum atomic E-state index is 12.3. The summed E-state index contributed by atoms with van der Waals surface area (Å²) in [5, 5.41) is 2.92. The highest BCUT2D eigenvalue weighted by Gasteiger charge is 2.09. The molecular weight excluding hydrogens is 290 g/mol. The molecule has 2 aromatic rings. The van der Waals surface area contributed by atoms with Gasteiger partial charge < -0.3 is 15.0 Å². The lowest BCUT2D eigenvalue weighted by Gasteiger charge is -2.12. The molecule has 5 heteroatoms. The number of amides is 1. The van der Waals surface area contributed by atoms with Gasteiger partial charge in [-0.05, 0) is 44.8 Å². The number of nitrogens with zero attached hydrogens (tertiary/aromatic N) is 2. The van der Waals surface area contributed by atoms with Gasteiger partial charge in [0.15, 0.2) is 0 Å². The third-order valence-electron chi connectivity index (χ3n) is 3.40. The Balaban J connectivity index is 2.05. The molecule has 1 aromatic carbocycles. The van der Waals surface area contributed by atoms with Gasteiger partial charge in [-0.2, -0.15) is 0 Å². The molecule has 1 aromatic heterocycles. The van der Waals surface area contributed by atoms with E-state index in [4.69, 9.17) is 4.74 Å². The minimum absolute atomic E-state index is 0.103. The molecule has 0 unspecified atom stereocenters. The van der Waals surface area contributed by atoms with Gasteiger partial charge >= 0.3 is 0 Å². The number of hydrogen-bond donors (Lipinski definition) is 1. The molecular formula is C18H23N3O2. The van der Waals surface area contributed by atoms with Crippen LogP contribution in [0.25, 0.3) is 0 Å². The Morgan fingerprint density at radius 1 is 1.26 bits per heavy atom. The molecule has 0 fully saturated rings. The summed E-state index contributed by atoms with van der Waals surface area (Å²) in [7, 11) is 5.59. The fourth-order valence-corrected chi connectivity index (χ4v) is 2.33. The van der Waals surface area contributed by atoms with E-state index in [1.54, 1.807) is 7.11 Å². The summed E-state index contributed by atoms with van der Waals surface area (Å²) in [5.41, 5.74) is 3.50. The number of aromatic nitrogens is 1. The van der Waals surface area contributed by atoms with E-state index in [-0.39, 0.29) is 5.91 Å². The summed E-state index contributed by atoms with van der Waals surface area (Å²) in [6, 6.07) is 11.5. The first-order chi connectivity index (χ1) is 11.0. The number of nitrogens with one attached hydrogen (secondary N) is 1. The number of benzene rings is 1. The van der Waals surface area contributed by atoms with Crippen LogP contribution >= 0.6 is 0 Å². The Bertz CT molecular complexity index is 684. The smallest absolute Gasteiger partial charge is 0.251 e. The van der Waals surface area contributed by atoms with E-state index in [0.29, 0.717) is 18.0 Å². The SMILES string of the molecule is COc1nc(C)ccc1CNC(=O)c1cccc(CN(C)C)c1. The molecule has 0 saturated heterocycles. The maximum absolute atomic E-state index is 12.3. The second-order valence-electron chi connectivity index (χ2n) is 5.74. The van der Waals surface area contributed by atoms with Crippen LogP contribution in [0.15, 0.2) is 36.4 Å². The molecule has 0 aliphatic rings. The van der Waals surface area contributed by atoms with Gasteiger partial charge in [-0.3, -0.25) is 4.79 Å². The zero-order chi connectivity index (χ0) is 16.8. The van der Waals surface area contributed by atoms with Crippen molar-refractivity contribution in [2.45, 2.75) is 20.0 Å². The second kappa shape index (κ2) is 7.74. The third kappa shape index (κ3) is 4.79. The summed E-state index contributed by atoms with van der Waals surface area (Å²) in [5.74, 6) is 0.444. The lowest BCUT2D eigenvalue weighted by molar-refractivity contribution is 0.0950. The summed E-state index contributed by atoms with van der Waals surface area (Å²) in [6.45, 7) is 3.09. The first-order valence-corrected chi connectivity index (χ1v) is 7.52. The minimum Gasteiger partial charge on any atom is -0.481 e. The van der Waals surface area contributed by atoms with Crippen molar-refractivity contribution in [3.05, 3.63) is 58.8 Å². The van der Waals surface area contributed by atoms with E-state index in [2.05, 4.69) is 15.2 Å². The number of carbonyl (C=O) groups is 1. The van der Waals surface area contributed by atoms with Crippen molar-refractivity contribution >= 4 is 5.91 Å². The summed E-state index contributed by atoms with van der Waals surface area (Å²) in [6.07, 6.45) is 0. The fourth-order valence-electron chi connectivity index (χ4n) is 2.33. The predicted molar refractivity (Wildman–Crippen MR) is 90.5 cm³/mol. The largest absolute Gasteiger partial charge is 0.481 e. The quantitative estimate of drug-likeness (QED) is 0.890. The van der Waals surface area contributed by atoms with Crippen molar-refractivity contribution in [1.82, 2.24) is 15.2 Å². The van der Waals surface area contributed by atoms with Crippen molar-refractivity contribution < 1.29 is 9.53 Å². The molecule has 0 radical (unpaired) electrons. The molecule has 0 saturated carbocycles. The van der Waals surface area contributed by atoms with E-state index < -0.39 is 0 Å². The monoisotopic (exact) mass is 313 g/mol. The average molecular weight is 313 g/mol. The van der Waals surface area contributed by atoms with Crippen LogP contribution in [-0.2, 0) is 13.1 Å². The number of methoxy groups -OCH3 is 1. The number of hydrogen-bond acceptors (Lipinski definition) is 4.